The highest BCUT2D eigenvalue weighted by atomic mass is 19.4. The molecular weight excluding hydrogens is 355 g/mol. The summed E-state index contributed by atoms with van der Waals surface area (Å²) in [5.74, 6) is 0.788. The van der Waals surface area contributed by atoms with Gasteiger partial charge in [-0.3, -0.25) is 9.48 Å². The lowest BCUT2D eigenvalue weighted by atomic mass is 10.0. The largest absolute Gasteiger partial charge is 0.433 e. The van der Waals surface area contributed by atoms with Crippen LogP contribution in [0.5, 0.6) is 0 Å². The molecule has 0 amide bonds. The van der Waals surface area contributed by atoms with Gasteiger partial charge in [-0.15, -0.1) is 0 Å². The molecule has 7 heteroatoms. The number of ketones is 1. The lowest BCUT2D eigenvalue weighted by molar-refractivity contribution is -0.144. The molecule has 0 saturated heterocycles. The van der Waals surface area contributed by atoms with Crippen LogP contribution in [-0.4, -0.2) is 28.2 Å². The molecule has 2 saturated carbocycles. The second kappa shape index (κ2) is 6.78. The van der Waals surface area contributed by atoms with Gasteiger partial charge in [-0.1, -0.05) is 24.3 Å². The van der Waals surface area contributed by atoms with Crippen molar-refractivity contribution in [3.63, 3.8) is 0 Å². The van der Waals surface area contributed by atoms with Crippen molar-refractivity contribution in [1.29, 1.82) is 0 Å². The Kier molecular flexibility index (Phi) is 4.58. The van der Waals surface area contributed by atoms with E-state index < -0.39 is 17.7 Å². The zero-order chi connectivity index (χ0) is 19.2. The number of Topliss-reactive ketones (excluding diaryl/α,β-unsaturated/α-hetero) is 1. The third-order valence-corrected chi connectivity index (χ3v) is 5.44. The van der Waals surface area contributed by atoms with Crippen LogP contribution >= 0.6 is 0 Å². The predicted molar refractivity (Wildman–Crippen MR) is 94.6 cm³/mol. The number of carbonyl (C=O) groups is 1. The number of aromatic nitrogens is 2. The average molecular weight is 377 g/mol. The van der Waals surface area contributed by atoms with E-state index in [-0.39, 0.29) is 12.0 Å². The third-order valence-electron chi connectivity index (χ3n) is 5.44. The van der Waals surface area contributed by atoms with Crippen molar-refractivity contribution in [2.75, 3.05) is 6.54 Å². The molecule has 0 aliphatic heterocycles. The number of halogens is 3. The van der Waals surface area contributed by atoms with E-state index in [0.29, 0.717) is 22.2 Å². The van der Waals surface area contributed by atoms with Crippen LogP contribution in [0.25, 0.3) is 0 Å². The van der Waals surface area contributed by atoms with Gasteiger partial charge in [-0.05, 0) is 42.9 Å². The molecule has 2 aliphatic carbocycles. The van der Waals surface area contributed by atoms with Crippen LogP contribution < -0.4 is 5.32 Å². The SMILES string of the molecule is Cn1ncc(C(=O)Cc2ccc(C3CC3NCC3CC3)cc2)c1C(F)(F)F. The van der Waals surface area contributed by atoms with Gasteiger partial charge in [-0.2, -0.15) is 18.3 Å². The molecule has 1 aromatic heterocycles. The van der Waals surface area contributed by atoms with Crippen LogP contribution in [0, 0.1) is 5.92 Å². The normalized spacial score (nSPS) is 22.1. The van der Waals surface area contributed by atoms with Gasteiger partial charge in [0.2, 0.25) is 0 Å². The zero-order valence-electron chi connectivity index (χ0n) is 15.1. The Morgan fingerprint density at radius 1 is 1.26 bits per heavy atom. The van der Waals surface area contributed by atoms with E-state index in [9.17, 15) is 18.0 Å². The summed E-state index contributed by atoms with van der Waals surface area (Å²) in [6.07, 6.45) is 0.118. The smallest absolute Gasteiger partial charge is 0.313 e. The molecule has 1 heterocycles. The topological polar surface area (TPSA) is 46.9 Å². The zero-order valence-corrected chi connectivity index (χ0v) is 15.1. The highest BCUT2D eigenvalue weighted by Gasteiger charge is 2.40. The second-order valence-electron chi connectivity index (χ2n) is 7.67. The number of nitrogens with zero attached hydrogens (tertiary/aromatic N) is 2. The maximum Gasteiger partial charge on any atom is 0.433 e. The van der Waals surface area contributed by atoms with Crippen molar-refractivity contribution in [3.05, 3.63) is 52.8 Å². The van der Waals surface area contributed by atoms with Crippen molar-refractivity contribution in [2.45, 2.75) is 43.8 Å². The van der Waals surface area contributed by atoms with Crippen molar-refractivity contribution in [2.24, 2.45) is 13.0 Å². The predicted octanol–water partition coefficient (Wildman–Crippen LogP) is 3.72. The first-order valence-electron chi connectivity index (χ1n) is 9.27. The fraction of sp³-hybridized carbons (Fsp3) is 0.500. The Morgan fingerprint density at radius 3 is 2.59 bits per heavy atom. The van der Waals surface area contributed by atoms with E-state index in [1.165, 1.54) is 25.5 Å². The summed E-state index contributed by atoms with van der Waals surface area (Å²) in [6.45, 7) is 1.10. The van der Waals surface area contributed by atoms with Crippen LogP contribution in [0.15, 0.2) is 30.5 Å². The van der Waals surface area contributed by atoms with Crippen molar-refractivity contribution in [3.8, 4) is 0 Å². The van der Waals surface area contributed by atoms with E-state index in [1.807, 2.05) is 24.3 Å². The average Bonchev–Trinajstić information content (AvgIpc) is 3.51. The Bertz CT molecular complexity index is 837. The first kappa shape index (κ1) is 18.2. The van der Waals surface area contributed by atoms with E-state index in [0.717, 1.165) is 25.1 Å². The summed E-state index contributed by atoms with van der Waals surface area (Å²) in [5, 5.41) is 7.19. The lowest BCUT2D eigenvalue weighted by Crippen LogP contribution is -2.20. The number of carbonyl (C=O) groups excluding carboxylic acids is 1. The summed E-state index contributed by atoms with van der Waals surface area (Å²) < 4.78 is 40.1. The van der Waals surface area contributed by atoms with Gasteiger partial charge in [0.05, 0.1) is 11.8 Å². The molecule has 27 heavy (non-hydrogen) atoms. The highest BCUT2D eigenvalue weighted by molar-refractivity contribution is 5.98. The maximum absolute atomic E-state index is 13.1. The van der Waals surface area contributed by atoms with Crippen LogP contribution in [-0.2, 0) is 19.6 Å². The molecule has 0 spiro atoms. The molecule has 1 aromatic carbocycles. The molecule has 2 aliphatic rings. The summed E-state index contributed by atoms with van der Waals surface area (Å²) in [5.41, 5.74) is 0.563. The Morgan fingerprint density at radius 2 is 1.96 bits per heavy atom. The summed E-state index contributed by atoms with van der Waals surface area (Å²) >= 11 is 0. The van der Waals surface area contributed by atoms with E-state index in [2.05, 4.69) is 10.4 Å². The fourth-order valence-electron chi connectivity index (χ4n) is 3.57. The van der Waals surface area contributed by atoms with E-state index in [1.54, 1.807) is 0 Å². The van der Waals surface area contributed by atoms with E-state index >= 15 is 0 Å². The fourth-order valence-corrected chi connectivity index (χ4v) is 3.57. The number of alkyl halides is 3. The number of hydrogen-bond donors (Lipinski definition) is 1. The van der Waals surface area contributed by atoms with Crippen molar-refractivity contribution >= 4 is 5.78 Å². The number of hydrogen-bond acceptors (Lipinski definition) is 3. The molecular formula is C20H22F3N3O. The minimum Gasteiger partial charge on any atom is -0.313 e. The summed E-state index contributed by atoms with van der Waals surface area (Å²) in [6, 6.07) is 8.18. The first-order valence-corrected chi connectivity index (χ1v) is 9.27. The molecule has 0 bridgehead atoms. The Hall–Kier alpha value is -2.15. The number of rotatable bonds is 7. The van der Waals surface area contributed by atoms with Gasteiger partial charge < -0.3 is 5.32 Å². The maximum atomic E-state index is 13.1. The number of aryl methyl sites for hydroxylation is 1. The van der Waals surface area contributed by atoms with Gasteiger partial charge in [0, 0.05) is 25.4 Å². The second-order valence-corrected chi connectivity index (χ2v) is 7.67. The first-order chi connectivity index (χ1) is 12.8. The summed E-state index contributed by atoms with van der Waals surface area (Å²) in [4.78, 5) is 12.4. The van der Waals surface area contributed by atoms with Crippen molar-refractivity contribution in [1.82, 2.24) is 15.1 Å². The van der Waals surface area contributed by atoms with Gasteiger partial charge in [0.15, 0.2) is 11.5 Å². The van der Waals surface area contributed by atoms with Crippen molar-refractivity contribution < 1.29 is 18.0 Å². The quantitative estimate of drug-likeness (QED) is 0.748. The molecule has 2 aromatic rings. The van der Waals surface area contributed by atoms with Crippen LogP contribution in [0.2, 0.25) is 0 Å². The minimum absolute atomic E-state index is 0.0664. The molecule has 1 N–H and O–H groups in total. The molecule has 0 radical (unpaired) electrons. The molecule has 144 valence electrons. The van der Waals surface area contributed by atoms with Crippen LogP contribution in [0.1, 0.15) is 52.4 Å². The molecule has 2 fully saturated rings. The van der Waals surface area contributed by atoms with Gasteiger partial charge in [-0.25, -0.2) is 0 Å². The monoisotopic (exact) mass is 377 g/mol. The van der Waals surface area contributed by atoms with Gasteiger partial charge >= 0.3 is 6.18 Å². The number of benzene rings is 1. The number of nitrogens with one attached hydrogen (secondary N) is 1. The van der Waals surface area contributed by atoms with Gasteiger partial charge in [0.1, 0.15) is 0 Å². The lowest BCUT2D eigenvalue weighted by Gasteiger charge is -2.09. The molecule has 4 nitrogen and oxygen atoms in total. The van der Waals surface area contributed by atoms with Crippen LogP contribution in [0.3, 0.4) is 0 Å². The molecule has 2 atom stereocenters. The summed E-state index contributed by atoms with van der Waals surface area (Å²) in [7, 11) is 1.19. The third kappa shape index (κ3) is 4.08. The highest BCUT2D eigenvalue weighted by Crippen LogP contribution is 2.41. The minimum atomic E-state index is -4.60. The Labute approximate surface area is 155 Å². The van der Waals surface area contributed by atoms with Crippen LogP contribution in [0.4, 0.5) is 13.2 Å². The van der Waals surface area contributed by atoms with Gasteiger partial charge in [0.25, 0.3) is 0 Å². The molecule has 2 unspecified atom stereocenters. The molecule has 4 rings (SSSR count). The standard InChI is InChI=1S/C20H22F3N3O/c1-26-19(20(21,22)23)16(11-25-26)18(27)8-12-4-6-14(7-5-12)15-9-17(15)24-10-13-2-3-13/h4-7,11,13,15,17,24H,2-3,8-10H2,1H3. The Balaban J connectivity index is 1.38. The van der Waals surface area contributed by atoms with E-state index in [4.69, 9.17) is 0 Å².